The summed E-state index contributed by atoms with van der Waals surface area (Å²) in [5.41, 5.74) is 3.37. The molecule has 0 aliphatic rings. The van der Waals surface area contributed by atoms with Crippen molar-refractivity contribution in [3.05, 3.63) is 75.7 Å². The van der Waals surface area contributed by atoms with E-state index in [1.807, 2.05) is 0 Å². The minimum absolute atomic E-state index is 0.0218. The molecule has 3 aromatic rings. The minimum Gasteiger partial charge on any atom is -0.415 e. The summed E-state index contributed by atoms with van der Waals surface area (Å²) in [7, 11) is 0. The van der Waals surface area contributed by atoms with Crippen LogP contribution in [0.25, 0.3) is 11.5 Å². The van der Waals surface area contributed by atoms with Crippen molar-refractivity contribution in [2.45, 2.75) is 59.0 Å². The lowest BCUT2D eigenvalue weighted by Gasteiger charge is -2.22. The van der Waals surface area contributed by atoms with Gasteiger partial charge in [-0.1, -0.05) is 51.5 Å². The molecule has 0 unspecified atom stereocenters. The van der Waals surface area contributed by atoms with Crippen LogP contribution in [0.1, 0.15) is 69.6 Å². The number of non-ortho nitro benzene ring substituents is 1. The van der Waals surface area contributed by atoms with E-state index < -0.39 is 4.92 Å². The van der Waals surface area contributed by atoms with Crippen LogP contribution >= 0.6 is 0 Å². The van der Waals surface area contributed by atoms with Crippen LogP contribution in [0.3, 0.4) is 0 Å². The van der Waals surface area contributed by atoms with E-state index >= 15 is 0 Å². The standard InChI is InChI=1S/C24H30N4O3/c1-5-6-7-18-8-10-19(11-9-18)22(16(2)3)25-17(4)23-26-27-24(31-23)20-12-14-21(15-13-20)28(29)30/h8-17,22,25H,5-7H2,1-4H3/p+1/t17-,22-/m0/s1. The first kappa shape index (κ1) is 22.6. The zero-order chi connectivity index (χ0) is 22.4. The molecule has 0 fully saturated rings. The number of hydrogen-bond acceptors (Lipinski definition) is 5. The SMILES string of the molecule is CCCCc1ccc([C@@H]([NH2+][C@@H](C)c2nnc(-c3ccc([N+](=O)[O-])cc3)o2)C(C)C)cc1. The second-order valence-corrected chi connectivity index (χ2v) is 8.35. The highest BCUT2D eigenvalue weighted by Gasteiger charge is 2.26. The average Bonchev–Trinajstić information content (AvgIpc) is 3.26. The first-order valence-corrected chi connectivity index (χ1v) is 10.9. The fourth-order valence-electron chi connectivity index (χ4n) is 3.66. The molecule has 0 aliphatic carbocycles. The van der Waals surface area contributed by atoms with Gasteiger partial charge in [-0.15, -0.1) is 10.2 Å². The summed E-state index contributed by atoms with van der Waals surface area (Å²) >= 11 is 0. The smallest absolute Gasteiger partial charge is 0.274 e. The zero-order valence-electron chi connectivity index (χ0n) is 18.6. The number of unbranched alkanes of at least 4 members (excludes halogenated alkanes) is 1. The van der Waals surface area contributed by atoms with Gasteiger partial charge in [-0.3, -0.25) is 10.1 Å². The highest BCUT2D eigenvalue weighted by molar-refractivity contribution is 5.55. The Morgan fingerprint density at radius 3 is 2.29 bits per heavy atom. The quantitative estimate of drug-likeness (QED) is 0.365. The molecule has 7 heteroatoms. The molecule has 2 aromatic carbocycles. The van der Waals surface area contributed by atoms with Crippen LogP contribution in [0.15, 0.2) is 52.9 Å². The Labute approximate surface area is 183 Å². The van der Waals surface area contributed by atoms with Crippen molar-refractivity contribution in [3.63, 3.8) is 0 Å². The molecular weight excluding hydrogens is 392 g/mol. The third kappa shape index (κ3) is 5.76. The normalized spacial score (nSPS) is 13.3. The van der Waals surface area contributed by atoms with E-state index in [4.69, 9.17) is 4.42 Å². The Morgan fingerprint density at radius 2 is 1.71 bits per heavy atom. The summed E-state index contributed by atoms with van der Waals surface area (Å²) in [6.07, 6.45) is 3.54. The highest BCUT2D eigenvalue weighted by Crippen LogP contribution is 2.24. The summed E-state index contributed by atoms with van der Waals surface area (Å²) in [6.45, 7) is 8.70. The van der Waals surface area contributed by atoms with Gasteiger partial charge in [0, 0.05) is 29.2 Å². The first-order chi connectivity index (χ1) is 14.9. The number of benzene rings is 2. The van der Waals surface area contributed by atoms with Crippen LogP contribution in [0.5, 0.6) is 0 Å². The molecule has 0 amide bonds. The van der Waals surface area contributed by atoms with Crippen molar-refractivity contribution in [1.82, 2.24) is 10.2 Å². The largest absolute Gasteiger partial charge is 0.415 e. The number of nitrogens with zero attached hydrogens (tertiary/aromatic N) is 3. The molecule has 3 rings (SSSR count). The third-order valence-electron chi connectivity index (χ3n) is 5.55. The summed E-state index contributed by atoms with van der Waals surface area (Å²) in [5, 5.41) is 21.5. The van der Waals surface area contributed by atoms with Crippen LogP contribution in [0, 0.1) is 16.0 Å². The van der Waals surface area contributed by atoms with Crippen LogP contribution in [0.2, 0.25) is 0 Å². The Morgan fingerprint density at radius 1 is 1.03 bits per heavy atom. The summed E-state index contributed by atoms with van der Waals surface area (Å²) < 4.78 is 5.89. The number of aryl methyl sites for hydroxylation is 1. The molecule has 0 aliphatic heterocycles. The maximum atomic E-state index is 10.8. The van der Waals surface area contributed by atoms with Gasteiger partial charge in [-0.2, -0.15) is 0 Å². The number of aromatic nitrogens is 2. The van der Waals surface area contributed by atoms with Crippen LogP contribution in [-0.2, 0) is 6.42 Å². The van der Waals surface area contributed by atoms with Gasteiger partial charge in [0.05, 0.1) is 4.92 Å². The Hall–Kier alpha value is -3.06. The van der Waals surface area contributed by atoms with E-state index in [-0.39, 0.29) is 17.8 Å². The topological polar surface area (TPSA) is 98.7 Å². The maximum Gasteiger partial charge on any atom is 0.274 e. The number of hydrogen-bond donors (Lipinski definition) is 1. The molecule has 1 heterocycles. The second-order valence-electron chi connectivity index (χ2n) is 8.35. The van der Waals surface area contributed by atoms with E-state index in [0.29, 0.717) is 23.3 Å². The molecule has 31 heavy (non-hydrogen) atoms. The van der Waals surface area contributed by atoms with Crippen molar-refractivity contribution >= 4 is 5.69 Å². The fraction of sp³-hybridized carbons (Fsp3) is 0.417. The average molecular weight is 424 g/mol. The summed E-state index contributed by atoms with van der Waals surface area (Å²) in [6, 6.07) is 15.3. The third-order valence-corrected chi connectivity index (χ3v) is 5.55. The van der Waals surface area contributed by atoms with Gasteiger partial charge in [0.15, 0.2) is 6.04 Å². The molecule has 0 bridgehead atoms. The molecule has 0 saturated heterocycles. The first-order valence-electron chi connectivity index (χ1n) is 10.9. The summed E-state index contributed by atoms with van der Waals surface area (Å²) in [5.74, 6) is 1.34. The fourth-order valence-corrected chi connectivity index (χ4v) is 3.66. The molecule has 0 radical (unpaired) electrons. The van der Waals surface area contributed by atoms with E-state index in [9.17, 15) is 10.1 Å². The van der Waals surface area contributed by atoms with E-state index in [0.717, 1.165) is 6.42 Å². The van der Waals surface area contributed by atoms with Crippen molar-refractivity contribution in [2.24, 2.45) is 5.92 Å². The van der Waals surface area contributed by atoms with Crippen molar-refractivity contribution in [1.29, 1.82) is 0 Å². The van der Waals surface area contributed by atoms with Crippen LogP contribution < -0.4 is 5.32 Å². The number of rotatable bonds is 10. The second kappa shape index (κ2) is 10.3. The monoisotopic (exact) mass is 423 g/mol. The van der Waals surface area contributed by atoms with E-state index in [1.165, 1.54) is 36.1 Å². The molecule has 2 N–H and O–H groups in total. The number of nitrogens with two attached hydrogens (primary N) is 1. The van der Waals surface area contributed by atoms with Gasteiger partial charge in [0.2, 0.25) is 5.89 Å². The molecule has 164 valence electrons. The lowest BCUT2D eigenvalue weighted by molar-refractivity contribution is -0.739. The lowest BCUT2D eigenvalue weighted by Crippen LogP contribution is -2.86. The van der Waals surface area contributed by atoms with E-state index in [1.54, 1.807) is 12.1 Å². The number of nitro benzene ring substituents is 1. The van der Waals surface area contributed by atoms with Crippen molar-refractivity contribution in [3.8, 4) is 11.5 Å². The van der Waals surface area contributed by atoms with Crippen LogP contribution in [0.4, 0.5) is 5.69 Å². The lowest BCUT2D eigenvalue weighted by atomic mass is 9.94. The predicted molar refractivity (Wildman–Crippen MR) is 119 cm³/mol. The molecule has 1 aromatic heterocycles. The minimum atomic E-state index is -0.428. The van der Waals surface area contributed by atoms with Gasteiger partial charge in [0.1, 0.15) is 6.04 Å². The number of nitro groups is 1. The molecule has 2 atom stereocenters. The van der Waals surface area contributed by atoms with Gasteiger partial charge in [0.25, 0.3) is 11.6 Å². The zero-order valence-corrected chi connectivity index (χ0v) is 18.6. The van der Waals surface area contributed by atoms with Gasteiger partial charge >= 0.3 is 0 Å². The van der Waals surface area contributed by atoms with Crippen molar-refractivity contribution in [2.75, 3.05) is 0 Å². The molecular formula is C24H31N4O3+. The molecule has 0 spiro atoms. The van der Waals surface area contributed by atoms with Crippen LogP contribution in [-0.4, -0.2) is 15.1 Å². The Bertz CT molecular complexity index is 981. The predicted octanol–water partition coefficient (Wildman–Crippen LogP) is 5.01. The van der Waals surface area contributed by atoms with Crippen molar-refractivity contribution < 1.29 is 14.7 Å². The Kier molecular flexibility index (Phi) is 7.52. The number of quaternary nitrogens is 1. The molecule has 0 saturated carbocycles. The Balaban J connectivity index is 1.71. The van der Waals surface area contributed by atoms with Gasteiger partial charge in [-0.25, -0.2) is 0 Å². The highest BCUT2D eigenvalue weighted by atomic mass is 16.6. The van der Waals surface area contributed by atoms with Gasteiger partial charge in [-0.05, 0) is 37.5 Å². The maximum absolute atomic E-state index is 10.8. The summed E-state index contributed by atoms with van der Waals surface area (Å²) in [4.78, 5) is 10.4. The van der Waals surface area contributed by atoms with E-state index in [2.05, 4.69) is 67.5 Å². The molecule has 7 nitrogen and oxygen atoms in total. The van der Waals surface area contributed by atoms with Gasteiger partial charge < -0.3 is 9.73 Å².